The minimum Gasteiger partial charge on any atom is -0.334 e. The van der Waals surface area contributed by atoms with E-state index in [2.05, 4.69) is 20.4 Å². The summed E-state index contributed by atoms with van der Waals surface area (Å²) in [6, 6.07) is 19.6. The van der Waals surface area contributed by atoms with Gasteiger partial charge in [-0.05, 0) is 55.5 Å². The van der Waals surface area contributed by atoms with Crippen LogP contribution < -0.4 is 5.32 Å². The van der Waals surface area contributed by atoms with E-state index in [0.29, 0.717) is 27.8 Å². The number of benzene rings is 2. The molecular weight excluding hydrogens is 376 g/mol. The van der Waals surface area contributed by atoms with Gasteiger partial charge in [-0.1, -0.05) is 35.0 Å². The topological polar surface area (TPSA) is 80.9 Å². The number of anilines is 1. The minimum absolute atomic E-state index is 0.257. The highest BCUT2D eigenvalue weighted by Gasteiger charge is 2.18. The normalized spacial score (nSPS) is 10.6. The van der Waals surface area contributed by atoms with E-state index in [-0.39, 0.29) is 11.8 Å². The summed E-state index contributed by atoms with van der Waals surface area (Å²) in [6.07, 6.45) is 0. The summed E-state index contributed by atoms with van der Waals surface area (Å²) in [6.45, 7) is 1.86. The fourth-order valence-corrected chi connectivity index (χ4v) is 2.84. The van der Waals surface area contributed by atoms with Crippen molar-refractivity contribution >= 4 is 23.3 Å². The largest absolute Gasteiger partial charge is 0.334 e. The molecule has 4 aromatic rings. The zero-order valence-electron chi connectivity index (χ0n) is 14.9. The van der Waals surface area contributed by atoms with E-state index in [0.717, 1.165) is 11.3 Å². The van der Waals surface area contributed by atoms with Crippen LogP contribution in [0.5, 0.6) is 0 Å². The Kier molecular flexibility index (Phi) is 4.87. The lowest BCUT2D eigenvalue weighted by molar-refractivity contribution is 0.102. The van der Waals surface area contributed by atoms with Gasteiger partial charge >= 0.3 is 0 Å². The second-order valence-corrected chi connectivity index (χ2v) is 6.53. The molecule has 2 aromatic heterocycles. The van der Waals surface area contributed by atoms with E-state index in [4.69, 9.17) is 16.1 Å². The van der Waals surface area contributed by atoms with Gasteiger partial charge < -0.3 is 9.84 Å². The van der Waals surface area contributed by atoms with E-state index >= 15 is 0 Å². The molecule has 1 N–H and O–H groups in total. The summed E-state index contributed by atoms with van der Waals surface area (Å²) in [7, 11) is 0. The van der Waals surface area contributed by atoms with Gasteiger partial charge in [0.25, 0.3) is 11.8 Å². The molecule has 0 saturated carbocycles. The van der Waals surface area contributed by atoms with Gasteiger partial charge in [0.05, 0.1) is 11.1 Å². The Labute approximate surface area is 166 Å². The molecule has 0 spiro atoms. The number of halogens is 1. The van der Waals surface area contributed by atoms with Crippen LogP contribution in [-0.4, -0.2) is 21.0 Å². The predicted molar refractivity (Wildman–Crippen MR) is 107 cm³/mol. The average Bonchev–Trinajstić information content (AvgIpc) is 3.18. The van der Waals surface area contributed by atoms with Gasteiger partial charge in [0.2, 0.25) is 5.82 Å². The average molecular weight is 391 g/mol. The molecule has 2 heterocycles. The second-order valence-electron chi connectivity index (χ2n) is 6.09. The molecule has 0 unspecified atom stereocenters. The third-order valence-corrected chi connectivity index (χ3v) is 4.31. The molecule has 0 saturated heterocycles. The smallest absolute Gasteiger partial charge is 0.259 e. The quantitative estimate of drug-likeness (QED) is 0.529. The van der Waals surface area contributed by atoms with Crippen molar-refractivity contribution < 1.29 is 9.32 Å². The highest BCUT2D eigenvalue weighted by atomic mass is 35.5. The van der Waals surface area contributed by atoms with E-state index in [1.165, 1.54) is 0 Å². The van der Waals surface area contributed by atoms with Gasteiger partial charge in [0, 0.05) is 16.3 Å². The Morgan fingerprint density at radius 3 is 2.54 bits per heavy atom. The maximum absolute atomic E-state index is 12.8. The summed E-state index contributed by atoms with van der Waals surface area (Å²) >= 11 is 5.92. The highest BCUT2D eigenvalue weighted by Crippen LogP contribution is 2.26. The molecule has 0 atom stereocenters. The number of pyridine rings is 1. The van der Waals surface area contributed by atoms with Gasteiger partial charge in [0.1, 0.15) is 5.82 Å². The molecular formula is C21H15ClN4O2. The van der Waals surface area contributed by atoms with Crippen LogP contribution in [0.2, 0.25) is 5.02 Å². The lowest BCUT2D eigenvalue weighted by Crippen LogP contribution is -2.14. The maximum Gasteiger partial charge on any atom is 0.259 e. The zero-order valence-corrected chi connectivity index (χ0v) is 15.6. The van der Waals surface area contributed by atoms with Crippen molar-refractivity contribution in [2.45, 2.75) is 6.92 Å². The zero-order chi connectivity index (χ0) is 19.5. The second kappa shape index (κ2) is 7.62. The third kappa shape index (κ3) is 3.77. The van der Waals surface area contributed by atoms with Crippen LogP contribution in [0.25, 0.3) is 22.8 Å². The van der Waals surface area contributed by atoms with E-state index in [9.17, 15) is 4.79 Å². The van der Waals surface area contributed by atoms with Crippen LogP contribution in [0.3, 0.4) is 0 Å². The Bertz CT molecular complexity index is 1140. The molecule has 7 heteroatoms. The van der Waals surface area contributed by atoms with Crippen molar-refractivity contribution in [3.05, 3.63) is 83.0 Å². The Morgan fingerprint density at radius 2 is 1.75 bits per heavy atom. The maximum atomic E-state index is 12.8. The number of rotatable bonds is 4. The monoisotopic (exact) mass is 390 g/mol. The molecule has 0 bridgehead atoms. The molecule has 4 rings (SSSR count). The first-order valence-electron chi connectivity index (χ1n) is 8.54. The number of amides is 1. The van der Waals surface area contributed by atoms with Gasteiger partial charge in [0.15, 0.2) is 0 Å². The molecule has 1 amide bonds. The standard InChI is InChI=1S/C21H15ClN4O2/c1-13-5-4-8-18(23-13)24-20(27)16-6-2-3-7-17(16)21-25-19(26-28-21)14-9-11-15(22)12-10-14/h2-12H,1H3,(H,23,24,27). The van der Waals surface area contributed by atoms with E-state index < -0.39 is 0 Å². The van der Waals surface area contributed by atoms with Crippen molar-refractivity contribution in [2.24, 2.45) is 0 Å². The van der Waals surface area contributed by atoms with Crippen LogP contribution in [0.1, 0.15) is 16.1 Å². The summed E-state index contributed by atoms with van der Waals surface area (Å²) in [5.74, 6) is 0.849. The molecule has 0 radical (unpaired) electrons. The van der Waals surface area contributed by atoms with E-state index in [1.54, 1.807) is 48.5 Å². The molecule has 6 nitrogen and oxygen atoms in total. The van der Waals surface area contributed by atoms with Crippen molar-refractivity contribution in [3.8, 4) is 22.8 Å². The SMILES string of the molecule is Cc1cccc(NC(=O)c2ccccc2-c2nc(-c3ccc(Cl)cc3)no2)n1. The van der Waals surface area contributed by atoms with Gasteiger partial charge in [-0.2, -0.15) is 4.98 Å². The van der Waals surface area contributed by atoms with Crippen molar-refractivity contribution in [1.29, 1.82) is 0 Å². The first-order chi connectivity index (χ1) is 13.6. The number of aromatic nitrogens is 3. The summed E-state index contributed by atoms with van der Waals surface area (Å²) in [5.41, 5.74) is 2.54. The molecule has 0 fully saturated rings. The number of carbonyl (C=O) groups is 1. The highest BCUT2D eigenvalue weighted by molar-refractivity contribution is 6.30. The molecule has 0 aliphatic rings. The lowest BCUT2D eigenvalue weighted by Gasteiger charge is -2.07. The lowest BCUT2D eigenvalue weighted by atomic mass is 10.1. The van der Waals surface area contributed by atoms with E-state index in [1.807, 2.05) is 25.1 Å². The van der Waals surface area contributed by atoms with Crippen molar-refractivity contribution in [1.82, 2.24) is 15.1 Å². The third-order valence-electron chi connectivity index (χ3n) is 4.06. The molecule has 138 valence electrons. The van der Waals surface area contributed by atoms with Crippen LogP contribution in [-0.2, 0) is 0 Å². The van der Waals surface area contributed by atoms with Crippen LogP contribution in [0.15, 0.2) is 71.3 Å². The van der Waals surface area contributed by atoms with Gasteiger partial charge in [-0.15, -0.1) is 0 Å². The fourth-order valence-electron chi connectivity index (χ4n) is 2.71. The Balaban J connectivity index is 1.65. The molecule has 2 aromatic carbocycles. The Hall–Kier alpha value is -3.51. The Morgan fingerprint density at radius 1 is 0.964 bits per heavy atom. The first-order valence-corrected chi connectivity index (χ1v) is 8.92. The number of hydrogen-bond acceptors (Lipinski definition) is 5. The van der Waals surface area contributed by atoms with Crippen LogP contribution in [0.4, 0.5) is 5.82 Å². The molecule has 0 aliphatic carbocycles. The van der Waals surface area contributed by atoms with Crippen LogP contribution in [0, 0.1) is 6.92 Å². The molecule has 0 aliphatic heterocycles. The first kappa shape index (κ1) is 17.9. The number of nitrogens with zero attached hydrogens (tertiary/aromatic N) is 3. The minimum atomic E-state index is -0.306. The molecule has 28 heavy (non-hydrogen) atoms. The van der Waals surface area contributed by atoms with Gasteiger partial charge in [-0.25, -0.2) is 4.98 Å². The number of hydrogen-bond donors (Lipinski definition) is 1. The fraction of sp³-hybridized carbons (Fsp3) is 0.0476. The van der Waals surface area contributed by atoms with Crippen molar-refractivity contribution in [2.75, 3.05) is 5.32 Å². The number of aryl methyl sites for hydroxylation is 1. The number of carbonyl (C=O) groups excluding carboxylic acids is 1. The summed E-state index contributed by atoms with van der Waals surface area (Å²) < 4.78 is 5.41. The van der Waals surface area contributed by atoms with Crippen LogP contribution >= 0.6 is 11.6 Å². The summed E-state index contributed by atoms with van der Waals surface area (Å²) in [5, 5.41) is 7.44. The van der Waals surface area contributed by atoms with Gasteiger partial charge in [-0.3, -0.25) is 4.79 Å². The van der Waals surface area contributed by atoms with Crippen molar-refractivity contribution in [3.63, 3.8) is 0 Å². The predicted octanol–water partition coefficient (Wildman–Crippen LogP) is 5.01. The summed E-state index contributed by atoms with van der Waals surface area (Å²) in [4.78, 5) is 21.5. The number of nitrogens with one attached hydrogen (secondary N) is 1.